The molecule has 5 aromatic carbocycles. The summed E-state index contributed by atoms with van der Waals surface area (Å²) in [5.74, 6) is 1.93. The van der Waals surface area contributed by atoms with E-state index in [0.29, 0.717) is 0 Å². The number of rotatable bonds is 3. The number of benzene rings is 5. The Morgan fingerprint density at radius 1 is 0.581 bits per heavy atom. The van der Waals surface area contributed by atoms with Crippen molar-refractivity contribution in [1.29, 1.82) is 0 Å². The summed E-state index contributed by atoms with van der Waals surface area (Å²) in [7, 11) is 0. The van der Waals surface area contributed by atoms with Crippen LogP contribution in [0, 0.1) is 0 Å². The number of furan rings is 1. The van der Waals surface area contributed by atoms with Crippen LogP contribution in [0.5, 0.6) is 0 Å². The minimum atomic E-state index is 0.811. The lowest BCUT2D eigenvalue weighted by molar-refractivity contribution is 0.564. The molecular weight excluding hydrogens is 524 g/mol. The number of pyridine rings is 1. The van der Waals surface area contributed by atoms with Gasteiger partial charge in [-0.05, 0) is 70.4 Å². The Bertz CT molecular complexity index is 2420. The van der Waals surface area contributed by atoms with Crippen LogP contribution in [0.2, 0.25) is 0 Å². The van der Waals surface area contributed by atoms with Gasteiger partial charge in [0, 0.05) is 33.7 Å². The van der Waals surface area contributed by atoms with Gasteiger partial charge < -0.3 is 4.42 Å². The van der Waals surface area contributed by atoms with Crippen LogP contribution in [0.4, 0.5) is 0 Å². The van der Waals surface area contributed by atoms with Crippen molar-refractivity contribution >= 4 is 49.6 Å². The zero-order chi connectivity index (χ0) is 28.3. The summed E-state index contributed by atoms with van der Waals surface area (Å²) in [5.41, 5.74) is 8.82. The predicted molar refractivity (Wildman–Crippen MR) is 179 cm³/mol. The molecule has 9 rings (SSSR count). The average molecular weight is 551 g/mol. The summed E-state index contributed by atoms with van der Waals surface area (Å²) < 4.78 is 8.52. The maximum Gasteiger partial charge on any atom is 0.138 e. The number of hydrogen-bond donors (Lipinski definition) is 0. The zero-order valence-electron chi connectivity index (χ0n) is 23.4. The molecule has 202 valence electrons. The SMILES string of the molecule is C1=CCc2oc3ccc(-c4ccc5c(c4)c4cc6ccccc6cc4n5-c4cccc(-c5ccccc5)n4)cc3c2C=C1. The molecule has 0 spiro atoms. The van der Waals surface area contributed by atoms with Gasteiger partial charge in [0.25, 0.3) is 0 Å². The molecule has 3 heterocycles. The Labute approximate surface area is 248 Å². The Morgan fingerprint density at radius 3 is 2.23 bits per heavy atom. The van der Waals surface area contributed by atoms with Gasteiger partial charge >= 0.3 is 0 Å². The summed E-state index contributed by atoms with van der Waals surface area (Å²) in [5, 5.41) is 6.03. The van der Waals surface area contributed by atoms with Crippen LogP contribution in [0.25, 0.3) is 77.8 Å². The summed E-state index contributed by atoms with van der Waals surface area (Å²) in [6, 6.07) is 43.2. The number of hydrogen-bond acceptors (Lipinski definition) is 2. The Kier molecular flexibility index (Phi) is 5.26. The predicted octanol–water partition coefficient (Wildman–Crippen LogP) is 10.5. The van der Waals surface area contributed by atoms with E-state index in [1.807, 2.05) is 6.07 Å². The molecule has 1 aliphatic carbocycles. The molecule has 0 atom stereocenters. The molecule has 1 aliphatic rings. The van der Waals surface area contributed by atoms with Crippen LogP contribution in [0.1, 0.15) is 11.3 Å². The van der Waals surface area contributed by atoms with E-state index in [-0.39, 0.29) is 0 Å². The third-order valence-electron chi connectivity index (χ3n) is 8.62. The van der Waals surface area contributed by atoms with E-state index in [1.165, 1.54) is 38.2 Å². The highest BCUT2D eigenvalue weighted by Crippen LogP contribution is 2.38. The first-order valence-electron chi connectivity index (χ1n) is 14.7. The first-order valence-corrected chi connectivity index (χ1v) is 14.7. The fourth-order valence-electron chi connectivity index (χ4n) is 6.54. The van der Waals surface area contributed by atoms with E-state index in [0.717, 1.165) is 51.3 Å². The van der Waals surface area contributed by atoms with Gasteiger partial charge in [-0.15, -0.1) is 0 Å². The molecule has 3 nitrogen and oxygen atoms in total. The second kappa shape index (κ2) is 9.43. The van der Waals surface area contributed by atoms with E-state index in [2.05, 4.69) is 144 Å². The van der Waals surface area contributed by atoms with Gasteiger partial charge in [-0.1, -0.05) is 97.1 Å². The van der Waals surface area contributed by atoms with Crippen molar-refractivity contribution < 1.29 is 4.42 Å². The molecule has 3 aromatic heterocycles. The van der Waals surface area contributed by atoms with Crippen molar-refractivity contribution in [3.05, 3.63) is 151 Å². The largest absolute Gasteiger partial charge is 0.460 e. The molecule has 0 N–H and O–H groups in total. The maximum atomic E-state index is 6.21. The topological polar surface area (TPSA) is 31.0 Å². The van der Waals surface area contributed by atoms with Gasteiger partial charge in [0.2, 0.25) is 0 Å². The van der Waals surface area contributed by atoms with Gasteiger partial charge in [0.05, 0.1) is 16.7 Å². The summed E-state index contributed by atoms with van der Waals surface area (Å²) in [6.45, 7) is 0. The number of allylic oxidation sites excluding steroid dienone is 3. The summed E-state index contributed by atoms with van der Waals surface area (Å²) >= 11 is 0. The van der Waals surface area contributed by atoms with E-state index in [9.17, 15) is 0 Å². The van der Waals surface area contributed by atoms with Crippen molar-refractivity contribution in [2.75, 3.05) is 0 Å². The highest BCUT2D eigenvalue weighted by atomic mass is 16.3. The summed E-state index contributed by atoms with van der Waals surface area (Å²) in [4.78, 5) is 5.16. The second-order valence-corrected chi connectivity index (χ2v) is 11.2. The minimum Gasteiger partial charge on any atom is -0.460 e. The smallest absolute Gasteiger partial charge is 0.138 e. The molecule has 3 heteroatoms. The van der Waals surface area contributed by atoms with Crippen molar-refractivity contribution in [2.45, 2.75) is 6.42 Å². The Hall–Kier alpha value is -5.67. The maximum absolute atomic E-state index is 6.21. The molecule has 8 aromatic rings. The van der Waals surface area contributed by atoms with Crippen molar-refractivity contribution in [1.82, 2.24) is 9.55 Å². The monoisotopic (exact) mass is 550 g/mol. The molecule has 0 aliphatic heterocycles. The van der Waals surface area contributed by atoms with E-state index < -0.39 is 0 Å². The molecule has 0 saturated carbocycles. The molecule has 0 unspecified atom stereocenters. The van der Waals surface area contributed by atoms with Crippen LogP contribution >= 0.6 is 0 Å². The number of aromatic nitrogens is 2. The molecule has 0 bridgehead atoms. The minimum absolute atomic E-state index is 0.811. The number of fused-ring (bicyclic) bond motifs is 7. The Balaban J connectivity index is 1.28. The molecule has 0 saturated heterocycles. The van der Waals surface area contributed by atoms with Gasteiger partial charge in [-0.3, -0.25) is 4.57 Å². The lowest BCUT2D eigenvalue weighted by atomic mass is 9.99. The Morgan fingerprint density at radius 2 is 1.35 bits per heavy atom. The fourth-order valence-corrected chi connectivity index (χ4v) is 6.54. The molecule has 0 radical (unpaired) electrons. The van der Waals surface area contributed by atoms with Crippen LogP contribution < -0.4 is 0 Å². The van der Waals surface area contributed by atoms with E-state index in [1.54, 1.807) is 0 Å². The normalized spacial score (nSPS) is 12.8. The molecular formula is C40H26N2O. The summed E-state index contributed by atoms with van der Waals surface area (Å²) in [6.07, 6.45) is 9.30. The van der Waals surface area contributed by atoms with Crippen LogP contribution in [-0.2, 0) is 6.42 Å². The lowest BCUT2D eigenvalue weighted by Crippen LogP contribution is -1.98. The first-order chi connectivity index (χ1) is 21.3. The van der Waals surface area contributed by atoms with Crippen molar-refractivity contribution in [2.24, 2.45) is 0 Å². The van der Waals surface area contributed by atoms with Crippen molar-refractivity contribution in [3.8, 4) is 28.2 Å². The van der Waals surface area contributed by atoms with Crippen LogP contribution in [0.3, 0.4) is 0 Å². The average Bonchev–Trinajstić information content (AvgIpc) is 3.46. The number of nitrogens with zero attached hydrogens (tertiary/aromatic N) is 2. The van der Waals surface area contributed by atoms with Gasteiger partial charge in [-0.2, -0.15) is 0 Å². The van der Waals surface area contributed by atoms with Gasteiger partial charge in [0.1, 0.15) is 17.2 Å². The molecule has 0 fully saturated rings. The van der Waals surface area contributed by atoms with E-state index in [4.69, 9.17) is 9.40 Å². The highest BCUT2D eigenvalue weighted by Gasteiger charge is 2.17. The molecule has 43 heavy (non-hydrogen) atoms. The third kappa shape index (κ3) is 3.86. The highest BCUT2D eigenvalue weighted by molar-refractivity contribution is 6.14. The van der Waals surface area contributed by atoms with Gasteiger partial charge in [-0.25, -0.2) is 4.98 Å². The molecule has 0 amide bonds. The lowest BCUT2D eigenvalue weighted by Gasteiger charge is -2.10. The zero-order valence-corrected chi connectivity index (χ0v) is 23.4. The third-order valence-corrected chi connectivity index (χ3v) is 8.62. The van der Waals surface area contributed by atoms with Crippen LogP contribution in [-0.4, -0.2) is 9.55 Å². The standard InChI is InChI=1S/C40H26N2O/c1-3-10-26(11-4-1)35-15-9-17-40(41-35)42-36-20-18-29(23-32(36)33-22-27-12-7-8-13-28(27)25-37(33)42)30-19-21-39-34(24-30)31-14-5-2-6-16-38(31)43-39/h1-15,17-25H,16H2. The fraction of sp³-hybridized carbons (Fsp3) is 0.0250. The first kappa shape index (κ1) is 24.0. The van der Waals surface area contributed by atoms with Gasteiger partial charge in [0.15, 0.2) is 0 Å². The van der Waals surface area contributed by atoms with E-state index >= 15 is 0 Å². The van der Waals surface area contributed by atoms with Crippen LogP contribution in [0.15, 0.2) is 144 Å². The van der Waals surface area contributed by atoms with Crippen molar-refractivity contribution in [3.63, 3.8) is 0 Å². The quantitative estimate of drug-likeness (QED) is 0.219. The second-order valence-electron chi connectivity index (χ2n) is 11.2.